The van der Waals surface area contributed by atoms with Gasteiger partial charge in [0.25, 0.3) is 0 Å². The highest BCUT2D eigenvalue weighted by molar-refractivity contribution is 5.14. The second-order valence-electron chi connectivity index (χ2n) is 6.25. The van der Waals surface area contributed by atoms with E-state index in [-0.39, 0.29) is 5.41 Å². The SMILES string of the molecule is CCCC(C)(CN)CN(Cc1ccccc1)C(C)C. The lowest BCUT2D eigenvalue weighted by molar-refractivity contribution is 0.122. The van der Waals surface area contributed by atoms with Crippen molar-refractivity contribution in [3.63, 3.8) is 0 Å². The number of hydrogen-bond acceptors (Lipinski definition) is 2. The quantitative estimate of drug-likeness (QED) is 0.774. The predicted octanol–water partition coefficient (Wildman–Crippen LogP) is 3.66. The molecule has 0 saturated carbocycles. The van der Waals surface area contributed by atoms with E-state index in [9.17, 15) is 0 Å². The van der Waals surface area contributed by atoms with Gasteiger partial charge in [0.2, 0.25) is 0 Å². The highest BCUT2D eigenvalue weighted by Gasteiger charge is 2.26. The van der Waals surface area contributed by atoms with Crippen molar-refractivity contribution in [1.29, 1.82) is 0 Å². The Morgan fingerprint density at radius 2 is 1.84 bits per heavy atom. The molecule has 0 saturated heterocycles. The molecule has 1 unspecified atom stereocenters. The van der Waals surface area contributed by atoms with E-state index in [1.54, 1.807) is 0 Å². The Morgan fingerprint density at radius 1 is 1.21 bits per heavy atom. The molecule has 1 atom stereocenters. The molecule has 0 spiro atoms. The van der Waals surface area contributed by atoms with Gasteiger partial charge in [0.15, 0.2) is 0 Å². The van der Waals surface area contributed by atoms with E-state index in [1.165, 1.54) is 18.4 Å². The third-order valence-electron chi connectivity index (χ3n) is 3.89. The lowest BCUT2D eigenvalue weighted by Crippen LogP contribution is -2.43. The maximum Gasteiger partial charge on any atom is 0.0236 e. The van der Waals surface area contributed by atoms with Crippen LogP contribution in [0, 0.1) is 5.41 Å². The van der Waals surface area contributed by atoms with Crippen molar-refractivity contribution < 1.29 is 0 Å². The molecule has 2 N–H and O–H groups in total. The lowest BCUT2D eigenvalue weighted by atomic mass is 9.84. The van der Waals surface area contributed by atoms with Gasteiger partial charge in [-0.1, -0.05) is 50.6 Å². The van der Waals surface area contributed by atoms with E-state index in [0.717, 1.165) is 19.6 Å². The fourth-order valence-electron chi connectivity index (χ4n) is 2.58. The molecule has 0 radical (unpaired) electrons. The van der Waals surface area contributed by atoms with E-state index in [2.05, 4.69) is 62.9 Å². The number of hydrogen-bond donors (Lipinski definition) is 1. The molecule has 1 aromatic rings. The lowest BCUT2D eigenvalue weighted by Gasteiger charge is -2.37. The van der Waals surface area contributed by atoms with Crippen molar-refractivity contribution >= 4 is 0 Å². The van der Waals surface area contributed by atoms with Crippen LogP contribution in [0.15, 0.2) is 30.3 Å². The molecule has 1 rings (SSSR count). The Kier molecular flexibility index (Phi) is 6.53. The summed E-state index contributed by atoms with van der Waals surface area (Å²) in [4.78, 5) is 2.54. The van der Waals surface area contributed by atoms with E-state index >= 15 is 0 Å². The van der Waals surface area contributed by atoms with Gasteiger partial charge in [0.1, 0.15) is 0 Å². The molecule has 2 heteroatoms. The summed E-state index contributed by atoms with van der Waals surface area (Å²) < 4.78 is 0. The third kappa shape index (κ3) is 5.33. The maximum absolute atomic E-state index is 6.01. The molecule has 0 aliphatic rings. The van der Waals surface area contributed by atoms with Gasteiger partial charge in [-0.3, -0.25) is 4.90 Å². The fraction of sp³-hybridized carbons (Fsp3) is 0.647. The Morgan fingerprint density at radius 3 is 2.32 bits per heavy atom. The summed E-state index contributed by atoms with van der Waals surface area (Å²) >= 11 is 0. The van der Waals surface area contributed by atoms with Crippen LogP contribution in [0.1, 0.15) is 46.1 Å². The standard InChI is InChI=1S/C17H30N2/c1-5-11-17(4,13-18)14-19(15(2)3)12-16-9-7-6-8-10-16/h6-10,15H,5,11-14,18H2,1-4H3. The van der Waals surface area contributed by atoms with Crippen molar-refractivity contribution in [1.82, 2.24) is 4.90 Å². The predicted molar refractivity (Wildman–Crippen MR) is 84.1 cm³/mol. The normalized spacial score (nSPS) is 14.9. The molecule has 0 aromatic heterocycles. The fourth-order valence-corrected chi connectivity index (χ4v) is 2.58. The minimum Gasteiger partial charge on any atom is -0.330 e. The largest absolute Gasteiger partial charge is 0.330 e. The number of nitrogens with two attached hydrogens (primary N) is 1. The monoisotopic (exact) mass is 262 g/mol. The second kappa shape index (κ2) is 7.66. The van der Waals surface area contributed by atoms with Gasteiger partial charge in [0, 0.05) is 19.1 Å². The summed E-state index contributed by atoms with van der Waals surface area (Å²) in [6.07, 6.45) is 2.40. The first kappa shape index (κ1) is 16.2. The number of benzene rings is 1. The summed E-state index contributed by atoms with van der Waals surface area (Å²) in [6, 6.07) is 11.3. The van der Waals surface area contributed by atoms with E-state index in [1.807, 2.05) is 0 Å². The molecule has 0 aliphatic carbocycles. The van der Waals surface area contributed by atoms with Crippen molar-refractivity contribution in [2.24, 2.45) is 11.1 Å². The van der Waals surface area contributed by atoms with Gasteiger partial charge in [-0.2, -0.15) is 0 Å². The molecule has 0 amide bonds. The second-order valence-corrected chi connectivity index (χ2v) is 6.25. The van der Waals surface area contributed by atoms with E-state index in [0.29, 0.717) is 6.04 Å². The minimum atomic E-state index is 0.230. The van der Waals surface area contributed by atoms with Gasteiger partial charge in [-0.25, -0.2) is 0 Å². The summed E-state index contributed by atoms with van der Waals surface area (Å²) in [6.45, 7) is 11.9. The van der Waals surface area contributed by atoms with Gasteiger partial charge in [-0.05, 0) is 37.8 Å². The average Bonchev–Trinajstić information content (AvgIpc) is 2.39. The van der Waals surface area contributed by atoms with Crippen molar-refractivity contribution in [2.75, 3.05) is 13.1 Å². The van der Waals surface area contributed by atoms with Crippen LogP contribution in [0.5, 0.6) is 0 Å². The van der Waals surface area contributed by atoms with E-state index in [4.69, 9.17) is 5.73 Å². The summed E-state index contributed by atoms with van der Waals surface area (Å²) in [5.41, 5.74) is 7.62. The van der Waals surface area contributed by atoms with Gasteiger partial charge >= 0.3 is 0 Å². The summed E-state index contributed by atoms with van der Waals surface area (Å²) in [7, 11) is 0. The molecule has 19 heavy (non-hydrogen) atoms. The van der Waals surface area contributed by atoms with Crippen LogP contribution in [0.4, 0.5) is 0 Å². The van der Waals surface area contributed by atoms with Gasteiger partial charge in [-0.15, -0.1) is 0 Å². The highest BCUT2D eigenvalue weighted by Crippen LogP contribution is 2.25. The molecular weight excluding hydrogens is 232 g/mol. The van der Waals surface area contributed by atoms with Crippen LogP contribution >= 0.6 is 0 Å². The highest BCUT2D eigenvalue weighted by atomic mass is 15.2. The zero-order chi connectivity index (χ0) is 14.3. The smallest absolute Gasteiger partial charge is 0.0236 e. The number of rotatable bonds is 8. The molecule has 0 aliphatic heterocycles. The van der Waals surface area contributed by atoms with Crippen molar-refractivity contribution in [3.8, 4) is 0 Å². The van der Waals surface area contributed by atoms with Crippen molar-refractivity contribution in [3.05, 3.63) is 35.9 Å². The summed E-state index contributed by atoms with van der Waals surface area (Å²) in [5.74, 6) is 0. The minimum absolute atomic E-state index is 0.230. The molecule has 108 valence electrons. The first-order chi connectivity index (χ1) is 9.00. The van der Waals surface area contributed by atoms with Gasteiger partial charge in [0.05, 0.1) is 0 Å². The topological polar surface area (TPSA) is 29.3 Å². The van der Waals surface area contributed by atoms with Crippen LogP contribution in [0.25, 0.3) is 0 Å². The Bertz CT molecular complexity index is 348. The number of nitrogens with zero attached hydrogens (tertiary/aromatic N) is 1. The molecule has 0 heterocycles. The van der Waals surface area contributed by atoms with Crippen LogP contribution in [-0.4, -0.2) is 24.0 Å². The van der Waals surface area contributed by atoms with Crippen LogP contribution in [0.2, 0.25) is 0 Å². The molecule has 2 nitrogen and oxygen atoms in total. The van der Waals surface area contributed by atoms with Crippen LogP contribution in [-0.2, 0) is 6.54 Å². The first-order valence-corrected chi connectivity index (χ1v) is 7.49. The Hall–Kier alpha value is -0.860. The average molecular weight is 262 g/mol. The zero-order valence-electron chi connectivity index (χ0n) is 13.0. The van der Waals surface area contributed by atoms with Crippen molar-refractivity contribution in [2.45, 2.75) is 53.1 Å². The van der Waals surface area contributed by atoms with E-state index < -0.39 is 0 Å². The third-order valence-corrected chi connectivity index (χ3v) is 3.89. The zero-order valence-corrected chi connectivity index (χ0v) is 13.0. The molecule has 0 fully saturated rings. The Balaban J connectivity index is 2.72. The first-order valence-electron chi connectivity index (χ1n) is 7.49. The molecule has 1 aromatic carbocycles. The Labute approximate surface area is 119 Å². The van der Waals surface area contributed by atoms with Crippen LogP contribution < -0.4 is 5.73 Å². The van der Waals surface area contributed by atoms with Crippen LogP contribution in [0.3, 0.4) is 0 Å². The molecular formula is C17H30N2. The molecule has 0 bridgehead atoms. The maximum atomic E-state index is 6.01. The summed E-state index contributed by atoms with van der Waals surface area (Å²) in [5, 5.41) is 0. The van der Waals surface area contributed by atoms with Gasteiger partial charge < -0.3 is 5.73 Å².